The molecule has 7 nitrogen and oxygen atoms in total. The summed E-state index contributed by atoms with van der Waals surface area (Å²) in [5.74, 6) is 2.05. The average Bonchev–Trinajstić information content (AvgIpc) is 3.10. The summed E-state index contributed by atoms with van der Waals surface area (Å²) in [5, 5.41) is 0.537. The first-order chi connectivity index (χ1) is 14.8. The summed E-state index contributed by atoms with van der Waals surface area (Å²) in [6.07, 6.45) is 0. The van der Waals surface area contributed by atoms with Crippen molar-refractivity contribution >= 4 is 20.9 Å². The molecule has 0 saturated carbocycles. The normalized spacial score (nSPS) is 14.6. The first kappa shape index (κ1) is 21.5. The van der Waals surface area contributed by atoms with Crippen LogP contribution in [0, 0.1) is 0 Å². The maximum absolute atomic E-state index is 12.9. The second-order valence-corrected chi connectivity index (χ2v) is 10.3. The number of benzene rings is 2. The van der Waals surface area contributed by atoms with E-state index >= 15 is 0 Å². The lowest BCUT2D eigenvalue weighted by Crippen LogP contribution is -2.41. The predicted octanol–water partition coefficient (Wildman–Crippen LogP) is 3.89. The Morgan fingerprint density at radius 2 is 1.55 bits per heavy atom. The maximum Gasteiger partial charge on any atom is 0.216 e. The molecule has 0 N–H and O–H groups in total. The summed E-state index contributed by atoms with van der Waals surface area (Å²) >= 11 is 0. The van der Waals surface area contributed by atoms with Gasteiger partial charge in [0.25, 0.3) is 0 Å². The molecule has 1 aliphatic heterocycles. The quantitative estimate of drug-likeness (QED) is 0.577. The van der Waals surface area contributed by atoms with Crippen molar-refractivity contribution in [3.05, 3.63) is 42.1 Å². The lowest BCUT2D eigenvalue weighted by atomic mass is 10.0. The van der Waals surface area contributed by atoms with E-state index in [0.717, 1.165) is 33.5 Å². The van der Waals surface area contributed by atoms with Crippen molar-refractivity contribution in [1.29, 1.82) is 0 Å². The Hall–Kier alpha value is -2.71. The number of ether oxygens (including phenoxy) is 3. The Morgan fingerprint density at radius 3 is 2.13 bits per heavy atom. The summed E-state index contributed by atoms with van der Waals surface area (Å²) in [7, 11) is 1.50. The van der Waals surface area contributed by atoms with Crippen molar-refractivity contribution in [3.8, 4) is 28.4 Å². The van der Waals surface area contributed by atoms with E-state index in [4.69, 9.17) is 14.2 Å². The number of aromatic nitrogens is 1. The molecule has 3 aromatic rings. The van der Waals surface area contributed by atoms with Crippen LogP contribution in [0.5, 0.6) is 17.2 Å². The largest absolute Gasteiger partial charge is 0.497 e. The number of hydrogen-bond acceptors (Lipinski definition) is 5. The van der Waals surface area contributed by atoms with Crippen molar-refractivity contribution in [1.82, 2.24) is 8.87 Å². The molecule has 166 valence electrons. The second-order valence-electron chi connectivity index (χ2n) is 7.85. The van der Waals surface area contributed by atoms with Gasteiger partial charge in [-0.1, -0.05) is 12.1 Å². The first-order valence-electron chi connectivity index (χ1n) is 10.2. The molecule has 0 unspecified atom stereocenters. The molecule has 1 aromatic heterocycles. The number of hydrogen-bond donors (Lipinski definition) is 0. The van der Waals surface area contributed by atoms with Crippen molar-refractivity contribution < 1.29 is 22.6 Å². The van der Waals surface area contributed by atoms with E-state index in [2.05, 4.69) is 4.57 Å². The number of nitrogens with zero attached hydrogens (tertiary/aromatic N) is 2. The molecule has 8 heteroatoms. The highest BCUT2D eigenvalue weighted by molar-refractivity contribution is 7.89. The third-order valence-corrected chi connectivity index (χ3v) is 8.13. The predicted molar refractivity (Wildman–Crippen MR) is 121 cm³/mol. The molecule has 4 rings (SSSR count). The Labute approximate surface area is 183 Å². The van der Waals surface area contributed by atoms with Crippen LogP contribution in [0.25, 0.3) is 22.0 Å². The van der Waals surface area contributed by atoms with Crippen LogP contribution in [0.4, 0.5) is 0 Å². The molecule has 0 radical (unpaired) electrons. The molecule has 0 amide bonds. The van der Waals surface area contributed by atoms with Gasteiger partial charge in [0.2, 0.25) is 10.0 Å². The maximum atomic E-state index is 12.9. The summed E-state index contributed by atoms with van der Waals surface area (Å²) in [5.41, 5.74) is 3.96. The van der Waals surface area contributed by atoms with Crippen LogP contribution >= 0.6 is 0 Å². The molecule has 0 atom stereocenters. The van der Waals surface area contributed by atoms with Gasteiger partial charge < -0.3 is 18.8 Å². The van der Waals surface area contributed by atoms with Crippen molar-refractivity contribution in [3.63, 3.8) is 0 Å². The van der Waals surface area contributed by atoms with Crippen LogP contribution in [-0.4, -0.2) is 50.4 Å². The van der Waals surface area contributed by atoms with Gasteiger partial charge in [-0.25, -0.2) is 8.42 Å². The van der Waals surface area contributed by atoms with Crippen LogP contribution in [-0.2, 0) is 23.1 Å². The molecule has 0 bridgehead atoms. The van der Waals surface area contributed by atoms with Crippen molar-refractivity contribution in [2.24, 2.45) is 0 Å². The SMILES string of the molecule is COc1ccc(-c2c3n(c4cc(OC)c(OC)cc24)CCN(S(=O)(=O)C(C)C)C3)cc1. The molecule has 2 aromatic carbocycles. The van der Waals surface area contributed by atoms with Gasteiger partial charge in [-0.2, -0.15) is 4.31 Å². The van der Waals surface area contributed by atoms with E-state index in [1.807, 2.05) is 36.4 Å². The lowest BCUT2D eigenvalue weighted by molar-refractivity contribution is 0.342. The zero-order valence-corrected chi connectivity index (χ0v) is 19.3. The standard InChI is InChI=1S/C23H28N2O5S/c1-15(2)31(26,27)24-10-11-25-19-13-22(30-5)21(29-4)12-18(19)23(20(25)14-24)16-6-8-17(28-3)9-7-16/h6-9,12-13,15H,10-11,14H2,1-5H3. The van der Waals surface area contributed by atoms with Gasteiger partial charge in [-0.15, -0.1) is 0 Å². The minimum atomic E-state index is -3.36. The molecular weight excluding hydrogens is 416 g/mol. The smallest absolute Gasteiger partial charge is 0.216 e. The van der Waals surface area contributed by atoms with Crippen LogP contribution in [0.15, 0.2) is 36.4 Å². The van der Waals surface area contributed by atoms with Gasteiger partial charge in [0, 0.05) is 35.8 Å². The summed E-state index contributed by atoms with van der Waals surface area (Å²) < 4.78 is 46.0. The first-order valence-corrected chi connectivity index (χ1v) is 11.7. The molecule has 0 fully saturated rings. The van der Waals surface area contributed by atoms with Gasteiger partial charge >= 0.3 is 0 Å². The fourth-order valence-corrected chi connectivity index (χ4v) is 5.43. The monoisotopic (exact) mass is 444 g/mol. The molecule has 2 heterocycles. The van der Waals surface area contributed by atoms with Crippen LogP contribution < -0.4 is 14.2 Å². The van der Waals surface area contributed by atoms with Gasteiger partial charge in [0.15, 0.2) is 11.5 Å². The highest BCUT2D eigenvalue weighted by Gasteiger charge is 2.33. The van der Waals surface area contributed by atoms with E-state index in [1.54, 1.807) is 39.5 Å². The van der Waals surface area contributed by atoms with E-state index in [9.17, 15) is 8.42 Å². The summed E-state index contributed by atoms with van der Waals surface area (Å²) in [6, 6.07) is 11.8. The second kappa shape index (κ2) is 8.09. The molecular formula is C23H28N2O5S. The molecule has 1 aliphatic rings. The summed E-state index contributed by atoms with van der Waals surface area (Å²) in [4.78, 5) is 0. The van der Waals surface area contributed by atoms with E-state index in [1.165, 1.54) is 0 Å². The van der Waals surface area contributed by atoms with Gasteiger partial charge in [0.1, 0.15) is 5.75 Å². The van der Waals surface area contributed by atoms with Gasteiger partial charge in [0.05, 0.1) is 38.6 Å². The van der Waals surface area contributed by atoms with Crippen LogP contribution in [0.1, 0.15) is 19.5 Å². The third kappa shape index (κ3) is 3.53. The molecule has 0 aliphatic carbocycles. The van der Waals surface area contributed by atoms with Gasteiger partial charge in [-0.3, -0.25) is 0 Å². The number of rotatable bonds is 6. The zero-order chi connectivity index (χ0) is 22.3. The van der Waals surface area contributed by atoms with E-state index in [-0.39, 0.29) is 0 Å². The lowest BCUT2D eigenvalue weighted by Gasteiger charge is -2.30. The minimum Gasteiger partial charge on any atom is -0.497 e. The summed E-state index contributed by atoms with van der Waals surface area (Å²) in [6.45, 7) is 4.78. The molecule has 0 spiro atoms. The topological polar surface area (TPSA) is 70.0 Å². The van der Waals surface area contributed by atoms with Crippen LogP contribution in [0.3, 0.4) is 0 Å². The fourth-order valence-electron chi connectivity index (χ4n) is 4.20. The number of sulfonamides is 1. The fraction of sp³-hybridized carbons (Fsp3) is 0.391. The number of methoxy groups -OCH3 is 3. The molecule has 31 heavy (non-hydrogen) atoms. The van der Waals surface area contributed by atoms with Crippen LogP contribution in [0.2, 0.25) is 0 Å². The Morgan fingerprint density at radius 1 is 0.903 bits per heavy atom. The highest BCUT2D eigenvalue weighted by atomic mass is 32.2. The van der Waals surface area contributed by atoms with Gasteiger partial charge in [-0.05, 0) is 37.6 Å². The average molecular weight is 445 g/mol. The van der Waals surface area contributed by atoms with E-state index < -0.39 is 15.3 Å². The Balaban J connectivity index is 1.97. The highest BCUT2D eigenvalue weighted by Crippen LogP contribution is 2.43. The molecule has 0 saturated heterocycles. The van der Waals surface area contributed by atoms with Crippen molar-refractivity contribution in [2.45, 2.75) is 32.2 Å². The zero-order valence-electron chi connectivity index (χ0n) is 18.5. The minimum absolute atomic E-state index is 0.321. The van der Waals surface area contributed by atoms with E-state index in [0.29, 0.717) is 31.1 Å². The van der Waals surface area contributed by atoms with Crippen molar-refractivity contribution in [2.75, 3.05) is 27.9 Å². The Bertz CT molecular complexity index is 1210. The Kier molecular flexibility index (Phi) is 5.61. The third-order valence-electron chi connectivity index (χ3n) is 5.91. The number of fused-ring (bicyclic) bond motifs is 3.